The number of nitrogens with one attached hydrogen (secondary N) is 1. The molecule has 2 aromatic rings. The zero-order valence-electron chi connectivity index (χ0n) is 12.4. The van der Waals surface area contributed by atoms with Crippen LogP contribution in [0, 0.1) is 12.8 Å². The lowest BCUT2D eigenvalue weighted by Crippen LogP contribution is -2.32. The summed E-state index contributed by atoms with van der Waals surface area (Å²) in [5, 5.41) is 3.03. The lowest BCUT2D eigenvalue weighted by Gasteiger charge is -2.12. The molecule has 2 atom stereocenters. The number of rotatable bonds is 4. The van der Waals surface area contributed by atoms with E-state index in [-0.39, 0.29) is 17.9 Å². The maximum absolute atomic E-state index is 12.1. The van der Waals surface area contributed by atoms with Crippen LogP contribution in [-0.2, 0) is 11.3 Å². The summed E-state index contributed by atoms with van der Waals surface area (Å²) in [5.41, 5.74) is 7.98. The van der Waals surface area contributed by atoms with Gasteiger partial charge in [-0.3, -0.25) is 4.79 Å². The fraction of sp³-hybridized carbons (Fsp3) is 0.500. The summed E-state index contributed by atoms with van der Waals surface area (Å²) in [4.78, 5) is 16.6. The first kappa shape index (κ1) is 14.1. The summed E-state index contributed by atoms with van der Waals surface area (Å²) >= 11 is 0. The number of hydrogen-bond acceptors (Lipinski definition) is 3. The predicted octanol–water partition coefficient (Wildman–Crippen LogP) is 1.59. The van der Waals surface area contributed by atoms with Gasteiger partial charge in [0.05, 0.1) is 11.0 Å². The number of nitrogens with zero attached hydrogens (tertiary/aromatic N) is 2. The Hall–Kier alpha value is -1.88. The number of benzene rings is 1. The van der Waals surface area contributed by atoms with Crippen molar-refractivity contribution in [2.75, 3.05) is 6.54 Å². The summed E-state index contributed by atoms with van der Waals surface area (Å²) in [6.45, 7) is 3.38. The molecule has 1 aliphatic rings. The van der Waals surface area contributed by atoms with Gasteiger partial charge in [0.1, 0.15) is 5.82 Å². The average molecular weight is 286 g/mol. The van der Waals surface area contributed by atoms with Gasteiger partial charge in [0, 0.05) is 25.0 Å². The van der Waals surface area contributed by atoms with Crippen molar-refractivity contribution in [3.8, 4) is 0 Å². The third-order valence-electron chi connectivity index (χ3n) is 4.32. The SMILES string of the molecule is Cc1nc2ccccc2n1CCNC(=O)C1CCC(N)C1. The number of imidazole rings is 1. The number of nitrogens with two attached hydrogens (primary N) is 1. The number of fused-ring (bicyclic) bond motifs is 1. The Morgan fingerprint density at radius 3 is 3.00 bits per heavy atom. The first-order valence-corrected chi connectivity index (χ1v) is 7.60. The molecule has 1 aromatic carbocycles. The van der Waals surface area contributed by atoms with Crippen LogP contribution in [0.4, 0.5) is 0 Å². The van der Waals surface area contributed by atoms with Crippen molar-refractivity contribution in [2.45, 2.75) is 38.8 Å². The number of para-hydroxylation sites is 2. The molecule has 0 bridgehead atoms. The third kappa shape index (κ3) is 2.93. The standard InChI is InChI=1S/C16H22N4O/c1-11-19-14-4-2-3-5-15(14)20(11)9-8-18-16(21)12-6-7-13(17)10-12/h2-5,12-13H,6-10,17H2,1H3,(H,18,21). The molecule has 0 saturated heterocycles. The Morgan fingerprint density at radius 2 is 2.24 bits per heavy atom. The van der Waals surface area contributed by atoms with Gasteiger partial charge in [0.25, 0.3) is 0 Å². The number of carbonyl (C=O) groups is 1. The van der Waals surface area contributed by atoms with Gasteiger partial charge in [0.15, 0.2) is 0 Å². The second kappa shape index (κ2) is 5.85. The Morgan fingerprint density at radius 1 is 1.43 bits per heavy atom. The molecular weight excluding hydrogens is 264 g/mol. The number of aryl methyl sites for hydroxylation is 1. The van der Waals surface area contributed by atoms with Crippen LogP contribution in [0.3, 0.4) is 0 Å². The van der Waals surface area contributed by atoms with E-state index in [0.717, 1.165) is 42.7 Å². The summed E-state index contributed by atoms with van der Waals surface area (Å²) in [6.07, 6.45) is 2.70. The van der Waals surface area contributed by atoms with Gasteiger partial charge in [-0.15, -0.1) is 0 Å². The van der Waals surface area contributed by atoms with E-state index in [1.807, 2.05) is 25.1 Å². The van der Waals surface area contributed by atoms with E-state index in [9.17, 15) is 4.79 Å². The van der Waals surface area contributed by atoms with Gasteiger partial charge in [-0.1, -0.05) is 12.1 Å². The Kier molecular flexibility index (Phi) is 3.92. The van der Waals surface area contributed by atoms with E-state index in [1.54, 1.807) is 0 Å². The summed E-state index contributed by atoms with van der Waals surface area (Å²) in [6, 6.07) is 8.27. The fourth-order valence-electron chi connectivity index (χ4n) is 3.17. The van der Waals surface area contributed by atoms with Crippen LogP contribution in [0.5, 0.6) is 0 Å². The topological polar surface area (TPSA) is 72.9 Å². The molecule has 1 fully saturated rings. The molecule has 1 heterocycles. The summed E-state index contributed by atoms with van der Waals surface area (Å²) < 4.78 is 2.15. The van der Waals surface area contributed by atoms with E-state index in [0.29, 0.717) is 6.54 Å². The minimum absolute atomic E-state index is 0.0978. The average Bonchev–Trinajstić information content (AvgIpc) is 3.03. The third-order valence-corrected chi connectivity index (χ3v) is 4.32. The van der Waals surface area contributed by atoms with Crippen LogP contribution in [0.2, 0.25) is 0 Å². The highest BCUT2D eigenvalue weighted by Gasteiger charge is 2.27. The molecular formula is C16H22N4O. The Balaban J connectivity index is 1.59. The number of hydrogen-bond donors (Lipinski definition) is 2. The highest BCUT2D eigenvalue weighted by molar-refractivity contribution is 5.79. The highest BCUT2D eigenvalue weighted by Crippen LogP contribution is 2.24. The molecule has 0 radical (unpaired) electrons. The van der Waals surface area contributed by atoms with Crippen molar-refractivity contribution in [3.05, 3.63) is 30.1 Å². The molecule has 0 spiro atoms. The normalized spacial score (nSPS) is 21.8. The van der Waals surface area contributed by atoms with E-state index in [1.165, 1.54) is 0 Å². The first-order valence-electron chi connectivity index (χ1n) is 7.60. The Bertz CT molecular complexity index is 649. The fourth-order valence-corrected chi connectivity index (χ4v) is 3.17. The molecule has 21 heavy (non-hydrogen) atoms. The number of aromatic nitrogens is 2. The van der Waals surface area contributed by atoms with Crippen molar-refractivity contribution in [1.82, 2.24) is 14.9 Å². The van der Waals surface area contributed by atoms with Gasteiger partial charge in [-0.2, -0.15) is 0 Å². The molecule has 5 nitrogen and oxygen atoms in total. The highest BCUT2D eigenvalue weighted by atomic mass is 16.1. The van der Waals surface area contributed by atoms with Gasteiger partial charge < -0.3 is 15.6 Å². The molecule has 5 heteroatoms. The first-order chi connectivity index (χ1) is 10.1. The lowest BCUT2D eigenvalue weighted by atomic mass is 10.1. The van der Waals surface area contributed by atoms with Crippen molar-refractivity contribution in [1.29, 1.82) is 0 Å². The molecule has 0 aliphatic heterocycles. The molecule has 1 amide bonds. The quantitative estimate of drug-likeness (QED) is 0.896. The zero-order valence-corrected chi connectivity index (χ0v) is 12.4. The van der Waals surface area contributed by atoms with Crippen LogP contribution in [-0.4, -0.2) is 28.0 Å². The van der Waals surface area contributed by atoms with Crippen LogP contribution in [0.15, 0.2) is 24.3 Å². The number of amides is 1. The minimum atomic E-state index is 0.0978. The second-order valence-electron chi connectivity index (χ2n) is 5.86. The molecule has 3 N–H and O–H groups in total. The number of carbonyl (C=O) groups excluding carboxylic acids is 1. The van der Waals surface area contributed by atoms with E-state index < -0.39 is 0 Å². The monoisotopic (exact) mass is 286 g/mol. The summed E-state index contributed by atoms with van der Waals surface area (Å²) in [7, 11) is 0. The molecule has 3 rings (SSSR count). The van der Waals surface area contributed by atoms with Crippen LogP contribution >= 0.6 is 0 Å². The van der Waals surface area contributed by atoms with Gasteiger partial charge in [-0.05, 0) is 38.3 Å². The smallest absolute Gasteiger partial charge is 0.223 e. The second-order valence-corrected chi connectivity index (χ2v) is 5.86. The summed E-state index contributed by atoms with van der Waals surface area (Å²) in [5.74, 6) is 1.22. The van der Waals surface area contributed by atoms with E-state index in [2.05, 4.69) is 20.9 Å². The zero-order chi connectivity index (χ0) is 14.8. The molecule has 1 aromatic heterocycles. The van der Waals surface area contributed by atoms with Gasteiger partial charge in [0.2, 0.25) is 5.91 Å². The predicted molar refractivity (Wildman–Crippen MR) is 82.8 cm³/mol. The van der Waals surface area contributed by atoms with Crippen LogP contribution in [0.1, 0.15) is 25.1 Å². The lowest BCUT2D eigenvalue weighted by molar-refractivity contribution is -0.124. The molecule has 112 valence electrons. The van der Waals surface area contributed by atoms with Crippen LogP contribution < -0.4 is 11.1 Å². The van der Waals surface area contributed by atoms with E-state index >= 15 is 0 Å². The largest absolute Gasteiger partial charge is 0.354 e. The molecule has 1 saturated carbocycles. The maximum Gasteiger partial charge on any atom is 0.223 e. The molecule has 1 aliphatic carbocycles. The van der Waals surface area contributed by atoms with Crippen LogP contribution in [0.25, 0.3) is 11.0 Å². The van der Waals surface area contributed by atoms with Crippen molar-refractivity contribution >= 4 is 16.9 Å². The van der Waals surface area contributed by atoms with Gasteiger partial charge >= 0.3 is 0 Å². The minimum Gasteiger partial charge on any atom is -0.354 e. The van der Waals surface area contributed by atoms with Crippen molar-refractivity contribution < 1.29 is 4.79 Å². The van der Waals surface area contributed by atoms with Crippen molar-refractivity contribution in [2.24, 2.45) is 11.7 Å². The molecule has 2 unspecified atom stereocenters. The maximum atomic E-state index is 12.1. The van der Waals surface area contributed by atoms with E-state index in [4.69, 9.17) is 5.73 Å². The Labute approximate surface area is 124 Å². The van der Waals surface area contributed by atoms with Gasteiger partial charge in [-0.25, -0.2) is 4.98 Å². The van der Waals surface area contributed by atoms with Crippen molar-refractivity contribution in [3.63, 3.8) is 0 Å².